The molecule has 2 rings (SSSR count). The summed E-state index contributed by atoms with van der Waals surface area (Å²) in [5.74, 6) is -1.23. The molecule has 1 aromatic carbocycles. The number of fused-ring (bicyclic) bond motifs is 1. The third kappa shape index (κ3) is 2.24. The Morgan fingerprint density at radius 2 is 1.88 bits per heavy atom. The maximum absolute atomic E-state index is 11.1. The van der Waals surface area contributed by atoms with Gasteiger partial charge in [-0.1, -0.05) is 30.3 Å². The molecule has 0 saturated carbocycles. The first-order valence-corrected chi connectivity index (χ1v) is 5.77. The van der Waals surface area contributed by atoms with Crippen LogP contribution in [0.1, 0.15) is 18.1 Å². The minimum absolute atomic E-state index is 0.299. The summed E-state index contributed by atoms with van der Waals surface area (Å²) in [5, 5.41) is 19.2. The third-order valence-corrected chi connectivity index (χ3v) is 3.41. The summed E-state index contributed by atoms with van der Waals surface area (Å²) >= 11 is 0. The molecular formula is C14H16O3. The topological polar surface area (TPSA) is 57.5 Å². The van der Waals surface area contributed by atoms with Gasteiger partial charge in [0.25, 0.3) is 0 Å². The van der Waals surface area contributed by atoms with Crippen LogP contribution in [-0.4, -0.2) is 22.3 Å². The highest BCUT2D eigenvalue weighted by Crippen LogP contribution is 2.30. The fraction of sp³-hybridized carbons (Fsp3) is 0.357. The van der Waals surface area contributed by atoms with Crippen LogP contribution in [-0.2, 0) is 17.6 Å². The lowest BCUT2D eigenvalue weighted by Crippen LogP contribution is -2.33. The molecule has 3 nitrogen and oxygen atoms in total. The van der Waals surface area contributed by atoms with Crippen molar-refractivity contribution in [1.29, 1.82) is 0 Å². The number of aliphatic carboxylic acids is 1. The van der Waals surface area contributed by atoms with E-state index in [4.69, 9.17) is 5.11 Å². The molecule has 90 valence electrons. The molecule has 1 aliphatic rings. The molecule has 0 radical (unpaired) electrons. The zero-order valence-corrected chi connectivity index (χ0v) is 9.76. The highest BCUT2D eigenvalue weighted by Gasteiger charge is 2.31. The highest BCUT2D eigenvalue weighted by molar-refractivity contribution is 5.87. The molecule has 0 aromatic heterocycles. The van der Waals surface area contributed by atoms with Gasteiger partial charge >= 0.3 is 5.97 Å². The van der Waals surface area contributed by atoms with Crippen molar-refractivity contribution in [1.82, 2.24) is 0 Å². The van der Waals surface area contributed by atoms with Gasteiger partial charge in [0, 0.05) is 11.5 Å². The largest absolute Gasteiger partial charge is 0.478 e. The van der Waals surface area contributed by atoms with Crippen molar-refractivity contribution >= 4 is 5.97 Å². The van der Waals surface area contributed by atoms with Crippen molar-refractivity contribution in [3.8, 4) is 0 Å². The van der Waals surface area contributed by atoms with Crippen LogP contribution in [0.2, 0.25) is 0 Å². The van der Waals surface area contributed by atoms with Crippen molar-refractivity contribution in [2.75, 3.05) is 0 Å². The Labute approximate surface area is 100 Å². The second kappa shape index (κ2) is 4.72. The molecule has 0 bridgehead atoms. The van der Waals surface area contributed by atoms with Gasteiger partial charge in [-0.15, -0.1) is 0 Å². The van der Waals surface area contributed by atoms with Crippen LogP contribution in [0.3, 0.4) is 0 Å². The third-order valence-electron chi connectivity index (χ3n) is 3.41. The van der Waals surface area contributed by atoms with E-state index < -0.39 is 12.1 Å². The Balaban J connectivity index is 2.32. The van der Waals surface area contributed by atoms with Gasteiger partial charge in [-0.2, -0.15) is 0 Å². The van der Waals surface area contributed by atoms with Crippen LogP contribution >= 0.6 is 0 Å². The minimum Gasteiger partial charge on any atom is -0.478 e. The van der Waals surface area contributed by atoms with E-state index in [1.54, 1.807) is 13.0 Å². The van der Waals surface area contributed by atoms with Gasteiger partial charge in [0.15, 0.2) is 0 Å². The van der Waals surface area contributed by atoms with Gasteiger partial charge in [0.05, 0.1) is 6.10 Å². The predicted octanol–water partition coefficient (Wildman–Crippen LogP) is 1.79. The van der Waals surface area contributed by atoms with E-state index in [9.17, 15) is 9.90 Å². The molecule has 1 aromatic rings. The fourth-order valence-electron chi connectivity index (χ4n) is 2.51. The summed E-state index contributed by atoms with van der Waals surface area (Å²) in [6.07, 6.45) is 2.12. The molecule has 0 unspecified atom stereocenters. The summed E-state index contributed by atoms with van der Waals surface area (Å²) in [4.78, 5) is 11.1. The quantitative estimate of drug-likeness (QED) is 0.764. The van der Waals surface area contributed by atoms with Gasteiger partial charge in [0.2, 0.25) is 0 Å². The normalized spacial score (nSPS) is 24.2. The molecule has 0 heterocycles. The van der Waals surface area contributed by atoms with E-state index >= 15 is 0 Å². The Kier molecular flexibility index (Phi) is 3.29. The predicted molar refractivity (Wildman–Crippen MR) is 64.7 cm³/mol. The molecule has 17 heavy (non-hydrogen) atoms. The maximum Gasteiger partial charge on any atom is 0.331 e. The van der Waals surface area contributed by atoms with E-state index in [-0.39, 0.29) is 5.92 Å². The molecule has 0 amide bonds. The van der Waals surface area contributed by atoms with Crippen molar-refractivity contribution < 1.29 is 15.0 Å². The Hall–Kier alpha value is -1.61. The lowest BCUT2D eigenvalue weighted by atomic mass is 9.78. The first kappa shape index (κ1) is 11.9. The second-order valence-corrected chi connectivity index (χ2v) is 4.40. The first-order chi connectivity index (χ1) is 8.13. The summed E-state index contributed by atoms with van der Waals surface area (Å²) in [6, 6.07) is 7.89. The van der Waals surface area contributed by atoms with Crippen LogP contribution in [0, 0.1) is 5.92 Å². The number of carboxylic acid groups (broad SMARTS) is 1. The van der Waals surface area contributed by atoms with E-state index in [1.807, 2.05) is 24.3 Å². The van der Waals surface area contributed by atoms with Crippen molar-refractivity contribution in [3.63, 3.8) is 0 Å². The number of hydrogen-bond donors (Lipinski definition) is 2. The summed E-state index contributed by atoms with van der Waals surface area (Å²) in [6.45, 7) is 1.71. The molecule has 3 heteroatoms. The van der Waals surface area contributed by atoms with Crippen LogP contribution in [0.15, 0.2) is 35.9 Å². The van der Waals surface area contributed by atoms with E-state index in [2.05, 4.69) is 0 Å². The average molecular weight is 232 g/mol. The fourth-order valence-corrected chi connectivity index (χ4v) is 2.51. The molecule has 2 atom stereocenters. The van der Waals surface area contributed by atoms with Gasteiger partial charge in [-0.3, -0.25) is 0 Å². The zero-order valence-electron chi connectivity index (χ0n) is 9.76. The van der Waals surface area contributed by atoms with Crippen molar-refractivity contribution in [2.24, 2.45) is 5.92 Å². The Morgan fingerprint density at radius 3 is 2.41 bits per heavy atom. The summed E-state index contributed by atoms with van der Waals surface area (Å²) in [7, 11) is 0. The molecule has 0 spiro atoms. The number of hydrogen-bond acceptors (Lipinski definition) is 2. The monoisotopic (exact) mass is 232 g/mol. The van der Waals surface area contributed by atoms with Crippen LogP contribution in [0.5, 0.6) is 0 Å². The Bertz CT molecular complexity index is 462. The first-order valence-electron chi connectivity index (χ1n) is 5.77. The Morgan fingerprint density at radius 1 is 1.29 bits per heavy atom. The number of allylic oxidation sites excluding steroid dienone is 1. The molecule has 1 aliphatic carbocycles. The highest BCUT2D eigenvalue weighted by atomic mass is 16.4. The molecular weight excluding hydrogens is 216 g/mol. The number of aliphatic hydroxyl groups excluding tert-OH is 1. The van der Waals surface area contributed by atoms with E-state index in [1.165, 1.54) is 0 Å². The maximum atomic E-state index is 11.1. The lowest BCUT2D eigenvalue weighted by Gasteiger charge is -2.30. The average Bonchev–Trinajstić information content (AvgIpc) is 2.30. The zero-order chi connectivity index (χ0) is 12.4. The lowest BCUT2D eigenvalue weighted by molar-refractivity contribution is -0.133. The number of carboxylic acids is 1. The SMILES string of the molecule is CC=C(C(=O)O)[C@H]1Cc2ccccc2C[C@H]1O. The standard InChI is InChI=1S/C14H16O3/c1-2-11(14(16)17)12-7-9-5-3-4-6-10(9)8-13(12)15/h2-6,12-13,15H,7-8H2,1H3,(H,16,17)/t12-,13-/m1/s1. The van der Waals surface area contributed by atoms with Crippen molar-refractivity contribution in [3.05, 3.63) is 47.0 Å². The van der Waals surface area contributed by atoms with Crippen LogP contribution < -0.4 is 0 Å². The van der Waals surface area contributed by atoms with Crippen molar-refractivity contribution in [2.45, 2.75) is 25.9 Å². The molecule has 0 aliphatic heterocycles. The second-order valence-electron chi connectivity index (χ2n) is 4.40. The molecule has 2 N–H and O–H groups in total. The van der Waals surface area contributed by atoms with Crippen LogP contribution in [0.25, 0.3) is 0 Å². The van der Waals surface area contributed by atoms with Gasteiger partial charge in [-0.05, 0) is 30.9 Å². The minimum atomic E-state index is -0.934. The van der Waals surface area contributed by atoms with Crippen LogP contribution in [0.4, 0.5) is 0 Å². The number of rotatable bonds is 2. The molecule has 0 fully saturated rings. The number of aliphatic hydroxyl groups is 1. The molecule has 0 saturated heterocycles. The number of benzene rings is 1. The smallest absolute Gasteiger partial charge is 0.331 e. The van der Waals surface area contributed by atoms with E-state index in [0.29, 0.717) is 18.4 Å². The van der Waals surface area contributed by atoms with Gasteiger partial charge in [-0.25, -0.2) is 4.79 Å². The number of carbonyl (C=O) groups is 1. The summed E-state index contributed by atoms with van der Waals surface area (Å²) < 4.78 is 0. The summed E-state index contributed by atoms with van der Waals surface area (Å²) in [5.41, 5.74) is 2.58. The van der Waals surface area contributed by atoms with E-state index in [0.717, 1.165) is 11.1 Å². The van der Waals surface area contributed by atoms with Gasteiger partial charge < -0.3 is 10.2 Å². The van der Waals surface area contributed by atoms with Gasteiger partial charge in [0.1, 0.15) is 0 Å².